The lowest BCUT2D eigenvalue weighted by atomic mass is 10.2. The molecular formula is C13H18N4O2S. The number of hydrogen-bond donors (Lipinski definition) is 3. The van der Waals surface area contributed by atoms with Crippen molar-refractivity contribution in [1.82, 2.24) is 15.3 Å². The average Bonchev–Trinajstić information content (AvgIpc) is 2.89. The van der Waals surface area contributed by atoms with E-state index in [2.05, 4.69) is 33.9 Å². The average molecular weight is 294 g/mol. The topological polar surface area (TPSA) is 86.9 Å². The van der Waals surface area contributed by atoms with E-state index in [0.717, 1.165) is 5.56 Å². The summed E-state index contributed by atoms with van der Waals surface area (Å²) < 4.78 is 26.6. The number of imidazole rings is 1. The van der Waals surface area contributed by atoms with Crippen LogP contribution in [-0.2, 0) is 16.6 Å². The highest BCUT2D eigenvalue weighted by Crippen LogP contribution is 2.14. The third-order valence-electron chi connectivity index (χ3n) is 2.68. The van der Waals surface area contributed by atoms with Crippen molar-refractivity contribution in [1.29, 1.82) is 0 Å². The number of nitrogens with zero attached hydrogens (tertiary/aromatic N) is 1. The number of aromatic nitrogens is 2. The zero-order valence-corrected chi connectivity index (χ0v) is 12.2. The van der Waals surface area contributed by atoms with Crippen molar-refractivity contribution in [3.8, 4) is 0 Å². The predicted octanol–water partition coefficient (Wildman–Crippen LogP) is 1.71. The quantitative estimate of drug-likeness (QED) is 0.757. The summed E-state index contributed by atoms with van der Waals surface area (Å²) in [4.78, 5) is 6.74. The van der Waals surface area contributed by atoms with Gasteiger partial charge in [0.2, 0.25) is 5.95 Å². The molecular weight excluding hydrogens is 276 g/mol. The maximum atomic E-state index is 12.1. The van der Waals surface area contributed by atoms with E-state index in [9.17, 15) is 8.42 Å². The van der Waals surface area contributed by atoms with E-state index in [1.165, 1.54) is 6.20 Å². The summed E-state index contributed by atoms with van der Waals surface area (Å²) in [6, 6.07) is 7.16. The standard InChI is InChI=1S/C13H18N4O2S/c1-10(2)16-9-11-3-5-12(6-4-11)20(18,19)17-13-14-7-8-15-13/h3-8,10,16H,9H2,1-2H3,(H2,14,15,17). The third kappa shape index (κ3) is 3.82. The Morgan fingerprint density at radius 1 is 1.25 bits per heavy atom. The van der Waals surface area contributed by atoms with Gasteiger partial charge < -0.3 is 10.3 Å². The Bertz CT molecular complexity index is 634. The van der Waals surface area contributed by atoms with Crippen molar-refractivity contribution in [2.45, 2.75) is 31.3 Å². The largest absolute Gasteiger partial charge is 0.330 e. The highest BCUT2D eigenvalue weighted by molar-refractivity contribution is 7.92. The van der Waals surface area contributed by atoms with E-state index >= 15 is 0 Å². The van der Waals surface area contributed by atoms with E-state index in [-0.39, 0.29) is 10.8 Å². The molecule has 0 fully saturated rings. The molecule has 0 aliphatic heterocycles. The van der Waals surface area contributed by atoms with Gasteiger partial charge in [0, 0.05) is 25.0 Å². The molecule has 0 saturated carbocycles. The van der Waals surface area contributed by atoms with Gasteiger partial charge in [-0.25, -0.2) is 18.1 Å². The molecule has 1 aromatic heterocycles. The Morgan fingerprint density at radius 3 is 2.50 bits per heavy atom. The first-order chi connectivity index (χ1) is 9.47. The van der Waals surface area contributed by atoms with Crippen LogP contribution in [0.3, 0.4) is 0 Å². The molecule has 2 rings (SSSR count). The van der Waals surface area contributed by atoms with Crippen LogP contribution in [0.2, 0.25) is 0 Å². The van der Waals surface area contributed by atoms with Crippen molar-refractivity contribution in [3.63, 3.8) is 0 Å². The third-order valence-corrected chi connectivity index (χ3v) is 4.03. The monoisotopic (exact) mass is 294 g/mol. The molecule has 108 valence electrons. The first kappa shape index (κ1) is 14.5. The number of benzene rings is 1. The SMILES string of the molecule is CC(C)NCc1ccc(S(=O)(=O)Nc2ncc[nH]2)cc1. The van der Waals surface area contributed by atoms with Gasteiger partial charge in [0.15, 0.2) is 0 Å². The van der Waals surface area contributed by atoms with Crippen LogP contribution in [0, 0.1) is 0 Å². The Labute approximate surface area is 118 Å². The first-order valence-corrected chi connectivity index (χ1v) is 7.80. The molecule has 20 heavy (non-hydrogen) atoms. The van der Waals surface area contributed by atoms with Gasteiger partial charge in [0.05, 0.1) is 4.90 Å². The van der Waals surface area contributed by atoms with E-state index < -0.39 is 10.0 Å². The van der Waals surface area contributed by atoms with Crippen LogP contribution in [-0.4, -0.2) is 24.4 Å². The fourth-order valence-corrected chi connectivity index (χ4v) is 2.59. The van der Waals surface area contributed by atoms with Crippen LogP contribution in [0.4, 0.5) is 5.95 Å². The van der Waals surface area contributed by atoms with Crippen molar-refractivity contribution < 1.29 is 8.42 Å². The molecule has 6 nitrogen and oxygen atoms in total. The predicted molar refractivity (Wildman–Crippen MR) is 77.8 cm³/mol. The van der Waals surface area contributed by atoms with Crippen molar-refractivity contribution >= 4 is 16.0 Å². The Hall–Kier alpha value is -1.86. The first-order valence-electron chi connectivity index (χ1n) is 6.32. The van der Waals surface area contributed by atoms with Crippen LogP contribution < -0.4 is 10.0 Å². The molecule has 0 amide bonds. The molecule has 0 aliphatic rings. The van der Waals surface area contributed by atoms with Gasteiger partial charge in [0.1, 0.15) is 0 Å². The molecule has 0 aliphatic carbocycles. The smallest absolute Gasteiger partial charge is 0.264 e. The molecule has 0 radical (unpaired) electrons. The van der Waals surface area contributed by atoms with Crippen LogP contribution in [0.15, 0.2) is 41.6 Å². The van der Waals surface area contributed by atoms with E-state index in [1.807, 2.05) is 0 Å². The summed E-state index contributed by atoms with van der Waals surface area (Å²) in [5.41, 5.74) is 1.04. The van der Waals surface area contributed by atoms with E-state index in [1.54, 1.807) is 30.5 Å². The maximum Gasteiger partial charge on any atom is 0.264 e. The molecule has 1 aromatic carbocycles. The van der Waals surface area contributed by atoms with Gasteiger partial charge in [-0.2, -0.15) is 0 Å². The van der Waals surface area contributed by atoms with Gasteiger partial charge in [-0.15, -0.1) is 0 Å². The van der Waals surface area contributed by atoms with Crippen molar-refractivity contribution in [2.24, 2.45) is 0 Å². The summed E-state index contributed by atoms with van der Waals surface area (Å²) in [5, 5.41) is 3.28. The van der Waals surface area contributed by atoms with Gasteiger partial charge in [-0.05, 0) is 17.7 Å². The zero-order chi connectivity index (χ0) is 14.6. The maximum absolute atomic E-state index is 12.1. The summed E-state index contributed by atoms with van der Waals surface area (Å²) in [6.07, 6.45) is 3.04. The molecule has 0 saturated heterocycles. The zero-order valence-electron chi connectivity index (χ0n) is 11.4. The minimum Gasteiger partial charge on any atom is -0.330 e. The summed E-state index contributed by atoms with van der Waals surface area (Å²) >= 11 is 0. The molecule has 3 N–H and O–H groups in total. The van der Waals surface area contributed by atoms with Gasteiger partial charge in [0.25, 0.3) is 10.0 Å². The molecule has 0 unspecified atom stereocenters. The van der Waals surface area contributed by atoms with Crippen LogP contribution in [0.5, 0.6) is 0 Å². The Balaban J connectivity index is 2.08. The number of sulfonamides is 1. The minimum absolute atomic E-state index is 0.204. The molecule has 0 spiro atoms. The van der Waals surface area contributed by atoms with Crippen LogP contribution in [0.1, 0.15) is 19.4 Å². The van der Waals surface area contributed by atoms with Crippen molar-refractivity contribution in [2.75, 3.05) is 4.72 Å². The Morgan fingerprint density at radius 2 is 1.95 bits per heavy atom. The second kappa shape index (κ2) is 6.06. The van der Waals surface area contributed by atoms with Crippen molar-refractivity contribution in [3.05, 3.63) is 42.2 Å². The fraction of sp³-hybridized carbons (Fsp3) is 0.308. The number of anilines is 1. The normalized spacial score (nSPS) is 11.8. The number of aromatic amines is 1. The van der Waals surface area contributed by atoms with Gasteiger partial charge >= 0.3 is 0 Å². The fourth-order valence-electron chi connectivity index (χ4n) is 1.62. The lowest BCUT2D eigenvalue weighted by molar-refractivity contribution is 0.588. The van der Waals surface area contributed by atoms with Gasteiger partial charge in [-0.3, -0.25) is 0 Å². The number of nitrogens with one attached hydrogen (secondary N) is 3. The van der Waals surface area contributed by atoms with Crippen LogP contribution in [0.25, 0.3) is 0 Å². The number of hydrogen-bond acceptors (Lipinski definition) is 4. The molecule has 1 heterocycles. The lowest BCUT2D eigenvalue weighted by Crippen LogP contribution is -2.21. The highest BCUT2D eigenvalue weighted by atomic mass is 32.2. The Kier molecular flexibility index (Phi) is 4.41. The number of rotatable bonds is 6. The highest BCUT2D eigenvalue weighted by Gasteiger charge is 2.14. The number of H-pyrrole nitrogens is 1. The molecule has 2 aromatic rings. The lowest BCUT2D eigenvalue weighted by Gasteiger charge is -2.09. The summed E-state index contributed by atoms with van der Waals surface area (Å²) in [6.45, 7) is 4.84. The second-order valence-electron chi connectivity index (χ2n) is 4.72. The molecule has 0 atom stereocenters. The molecule has 0 bridgehead atoms. The van der Waals surface area contributed by atoms with E-state index in [0.29, 0.717) is 12.6 Å². The summed E-state index contributed by atoms with van der Waals surface area (Å²) in [5.74, 6) is 0.204. The summed E-state index contributed by atoms with van der Waals surface area (Å²) in [7, 11) is -3.60. The minimum atomic E-state index is -3.60. The van der Waals surface area contributed by atoms with Crippen LogP contribution >= 0.6 is 0 Å². The van der Waals surface area contributed by atoms with E-state index in [4.69, 9.17) is 0 Å². The molecule has 7 heteroatoms. The van der Waals surface area contributed by atoms with Gasteiger partial charge in [-0.1, -0.05) is 26.0 Å². The second-order valence-corrected chi connectivity index (χ2v) is 6.41.